The average molecular weight is 312 g/mol. The normalized spacial score (nSPS) is 10.7. The summed E-state index contributed by atoms with van der Waals surface area (Å²) in [6.45, 7) is 0. The SMILES string of the molecule is Cn1cccc1-c1nc(-c2ccccc2)nnc1-c1ccccc1. The monoisotopic (exact) mass is 312 g/mol. The van der Waals surface area contributed by atoms with Crippen molar-refractivity contribution in [2.24, 2.45) is 7.05 Å². The van der Waals surface area contributed by atoms with Gasteiger partial charge in [-0.25, -0.2) is 4.98 Å². The summed E-state index contributed by atoms with van der Waals surface area (Å²) < 4.78 is 2.05. The Bertz CT molecular complexity index is 959. The highest BCUT2D eigenvalue weighted by atomic mass is 15.2. The maximum Gasteiger partial charge on any atom is 0.182 e. The van der Waals surface area contributed by atoms with Crippen LogP contribution in [0.4, 0.5) is 0 Å². The summed E-state index contributed by atoms with van der Waals surface area (Å²) in [6.07, 6.45) is 2.01. The number of rotatable bonds is 3. The molecule has 0 amide bonds. The van der Waals surface area contributed by atoms with Crippen LogP contribution in [0.5, 0.6) is 0 Å². The summed E-state index contributed by atoms with van der Waals surface area (Å²) in [5, 5.41) is 8.85. The molecule has 0 atom stereocenters. The van der Waals surface area contributed by atoms with E-state index in [4.69, 9.17) is 4.98 Å². The van der Waals surface area contributed by atoms with Crippen LogP contribution in [0.1, 0.15) is 0 Å². The summed E-state index contributed by atoms with van der Waals surface area (Å²) in [5.74, 6) is 0.631. The van der Waals surface area contributed by atoms with Crippen molar-refractivity contribution < 1.29 is 0 Å². The van der Waals surface area contributed by atoms with Crippen molar-refractivity contribution in [2.75, 3.05) is 0 Å². The van der Waals surface area contributed by atoms with Gasteiger partial charge in [0.2, 0.25) is 0 Å². The predicted octanol–water partition coefficient (Wildman–Crippen LogP) is 4.21. The summed E-state index contributed by atoms with van der Waals surface area (Å²) in [5.41, 5.74) is 4.61. The van der Waals surface area contributed by atoms with Gasteiger partial charge in [-0.15, -0.1) is 10.2 Å². The summed E-state index contributed by atoms with van der Waals surface area (Å²) in [4.78, 5) is 4.83. The molecule has 2 aromatic carbocycles. The fourth-order valence-electron chi connectivity index (χ4n) is 2.71. The smallest absolute Gasteiger partial charge is 0.182 e. The van der Waals surface area contributed by atoms with E-state index >= 15 is 0 Å². The van der Waals surface area contributed by atoms with E-state index in [-0.39, 0.29) is 0 Å². The highest BCUT2D eigenvalue weighted by molar-refractivity contribution is 5.77. The molecule has 0 aliphatic rings. The third-order valence-electron chi connectivity index (χ3n) is 3.95. The minimum absolute atomic E-state index is 0.631. The Morgan fingerprint density at radius 3 is 1.96 bits per heavy atom. The van der Waals surface area contributed by atoms with E-state index in [9.17, 15) is 0 Å². The van der Waals surface area contributed by atoms with Gasteiger partial charge in [-0.2, -0.15) is 0 Å². The molecule has 0 fully saturated rings. The Hall–Kier alpha value is -3.27. The molecule has 0 bridgehead atoms. The molecule has 4 heteroatoms. The van der Waals surface area contributed by atoms with Gasteiger partial charge in [-0.3, -0.25) is 0 Å². The molecule has 0 N–H and O–H groups in total. The van der Waals surface area contributed by atoms with Crippen LogP contribution in [0.25, 0.3) is 34.0 Å². The quantitative estimate of drug-likeness (QED) is 0.569. The largest absolute Gasteiger partial charge is 0.349 e. The van der Waals surface area contributed by atoms with Crippen molar-refractivity contribution in [2.45, 2.75) is 0 Å². The number of aryl methyl sites for hydroxylation is 1. The molecule has 4 aromatic rings. The maximum atomic E-state index is 4.83. The van der Waals surface area contributed by atoms with E-state index in [1.165, 1.54) is 0 Å². The number of benzene rings is 2. The first kappa shape index (κ1) is 14.3. The standard InChI is InChI=1S/C20H16N4/c1-24-14-8-13-17(24)19-18(15-9-4-2-5-10-15)22-23-20(21-19)16-11-6-3-7-12-16/h2-14H,1H3. The van der Waals surface area contributed by atoms with Crippen molar-refractivity contribution in [1.82, 2.24) is 19.7 Å². The van der Waals surface area contributed by atoms with Gasteiger partial charge in [0.05, 0.1) is 5.69 Å². The molecule has 0 saturated heterocycles. The molecular weight excluding hydrogens is 296 g/mol. The Kier molecular flexibility index (Phi) is 3.63. The van der Waals surface area contributed by atoms with E-state index < -0.39 is 0 Å². The van der Waals surface area contributed by atoms with Gasteiger partial charge in [-0.1, -0.05) is 60.7 Å². The van der Waals surface area contributed by atoms with E-state index in [0.29, 0.717) is 5.82 Å². The van der Waals surface area contributed by atoms with E-state index in [2.05, 4.69) is 10.2 Å². The Morgan fingerprint density at radius 2 is 1.33 bits per heavy atom. The minimum Gasteiger partial charge on any atom is -0.349 e. The molecule has 116 valence electrons. The number of hydrogen-bond donors (Lipinski definition) is 0. The van der Waals surface area contributed by atoms with Crippen LogP contribution in [-0.2, 0) is 7.05 Å². The first-order chi connectivity index (χ1) is 11.8. The van der Waals surface area contributed by atoms with Crippen molar-refractivity contribution >= 4 is 0 Å². The number of hydrogen-bond acceptors (Lipinski definition) is 3. The minimum atomic E-state index is 0.631. The predicted molar refractivity (Wildman–Crippen MR) is 95.1 cm³/mol. The molecule has 4 rings (SSSR count). The number of nitrogens with zero attached hydrogens (tertiary/aromatic N) is 4. The lowest BCUT2D eigenvalue weighted by Crippen LogP contribution is -2.02. The molecule has 24 heavy (non-hydrogen) atoms. The lowest BCUT2D eigenvalue weighted by molar-refractivity contribution is 0.917. The van der Waals surface area contributed by atoms with Crippen LogP contribution in [0.15, 0.2) is 79.0 Å². The highest BCUT2D eigenvalue weighted by Crippen LogP contribution is 2.29. The second-order valence-electron chi connectivity index (χ2n) is 5.57. The Labute approximate surface area is 140 Å². The Balaban J connectivity index is 1.94. The molecular formula is C20H16N4. The maximum absolute atomic E-state index is 4.83. The highest BCUT2D eigenvalue weighted by Gasteiger charge is 2.16. The molecule has 0 aliphatic heterocycles. The van der Waals surface area contributed by atoms with Crippen LogP contribution in [0, 0.1) is 0 Å². The zero-order valence-corrected chi connectivity index (χ0v) is 13.3. The van der Waals surface area contributed by atoms with Crippen LogP contribution in [0.2, 0.25) is 0 Å². The third-order valence-corrected chi connectivity index (χ3v) is 3.95. The molecule has 0 saturated carbocycles. The van der Waals surface area contributed by atoms with Crippen LogP contribution in [-0.4, -0.2) is 19.7 Å². The molecule has 0 aliphatic carbocycles. The van der Waals surface area contributed by atoms with E-state index in [1.807, 2.05) is 90.6 Å². The average Bonchev–Trinajstić information content (AvgIpc) is 3.08. The first-order valence-corrected chi connectivity index (χ1v) is 7.80. The molecule has 0 radical (unpaired) electrons. The molecule has 2 heterocycles. The second-order valence-corrected chi connectivity index (χ2v) is 5.57. The zero-order valence-electron chi connectivity index (χ0n) is 13.3. The van der Waals surface area contributed by atoms with Gasteiger partial charge in [0.1, 0.15) is 11.4 Å². The van der Waals surface area contributed by atoms with Gasteiger partial charge in [0, 0.05) is 24.4 Å². The van der Waals surface area contributed by atoms with E-state index in [1.54, 1.807) is 0 Å². The van der Waals surface area contributed by atoms with Crippen molar-refractivity contribution in [3.8, 4) is 34.0 Å². The number of aromatic nitrogens is 4. The zero-order chi connectivity index (χ0) is 16.4. The van der Waals surface area contributed by atoms with Crippen molar-refractivity contribution in [1.29, 1.82) is 0 Å². The second kappa shape index (κ2) is 6.08. The van der Waals surface area contributed by atoms with Crippen LogP contribution >= 0.6 is 0 Å². The Morgan fingerprint density at radius 1 is 0.667 bits per heavy atom. The summed E-state index contributed by atoms with van der Waals surface area (Å²) in [7, 11) is 2.01. The van der Waals surface area contributed by atoms with Crippen molar-refractivity contribution in [3.63, 3.8) is 0 Å². The lowest BCUT2D eigenvalue weighted by Gasteiger charge is -2.10. The van der Waals surface area contributed by atoms with Gasteiger partial charge in [0.15, 0.2) is 5.82 Å². The van der Waals surface area contributed by atoms with Gasteiger partial charge >= 0.3 is 0 Å². The van der Waals surface area contributed by atoms with Crippen LogP contribution < -0.4 is 0 Å². The fraction of sp³-hybridized carbons (Fsp3) is 0.0500. The molecule has 4 nitrogen and oxygen atoms in total. The lowest BCUT2D eigenvalue weighted by atomic mass is 10.1. The van der Waals surface area contributed by atoms with E-state index in [0.717, 1.165) is 28.2 Å². The summed E-state index contributed by atoms with van der Waals surface area (Å²) >= 11 is 0. The van der Waals surface area contributed by atoms with Gasteiger partial charge in [-0.05, 0) is 12.1 Å². The topological polar surface area (TPSA) is 43.6 Å². The van der Waals surface area contributed by atoms with Crippen molar-refractivity contribution in [3.05, 3.63) is 79.0 Å². The molecule has 0 unspecified atom stereocenters. The van der Waals surface area contributed by atoms with Gasteiger partial charge in [0.25, 0.3) is 0 Å². The summed E-state index contributed by atoms with van der Waals surface area (Å²) in [6, 6.07) is 24.0. The van der Waals surface area contributed by atoms with Crippen LogP contribution in [0.3, 0.4) is 0 Å². The first-order valence-electron chi connectivity index (χ1n) is 7.80. The third kappa shape index (κ3) is 2.58. The van der Waals surface area contributed by atoms with Gasteiger partial charge < -0.3 is 4.57 Å². The fourth-order valence-corrected chi connectivity index (χ4v) is 2.71. The molecule has 2 aromatic heterocycles. The molecule has 0 spiro atoms.